The normalized spacial score (nSPS) is 17.0. The molecule has 1 aromatic heterocycles. The minimum Gasteiger partial charge on any atom is -0.345 e. The van der Waals surface area contributed by atoms with Crippen LogP contribution in [0.4, 0.5) is 14.9 Å². The molecule has 1 aromatic carbocycles. The van der Waals surface area contributed by atoms with Gasteiger partial charge in [0.1, 0.15) is 5.82 Å². The quantitative estimate of drug-likeness (QED) is 0.884. The second kappa shape index (κ2) is 6.07. The van der Waals surface area contributed by atoms with E-state index < -0.39 is 0 Å². The lowest BCUT2D eigenvalue weighted by Crippen LogP contribution is -2.44. The van der Waals surface area contributed by atoms with Gasteiger partial charge in [-0.15, -0.1) is 0 Å². The van der Waals surface area contributed by atoms with Crippen LogP contribution < -0.4 is 5.32 Å². The van der Waals surface area contributed by atoms with Crippen molar-refractivity contribution in [2.45, 2.75) is 39.8 Å². The van der Waals surface area contributed by atoms with E-state index in [1.807, 2.05) is 4.90 Å². The number of halogens is 1. The molecule has 4 nitrogen and oxygen atoms in total. The first kappa shape index (κ1) is 15.6. The Labute approximate surface area is 135 Å². The molecule has 0 saturated carbocycles. The maximum Gasteiger partial charge on any atom is 0.322 e. The van der Waals surface area contributed by atoms with E-state index in [0.29, 0.717) is 17.8 Å². The molecule has 2 heterocycles. The first-order valence-electron chi connectivity index (χ1n) is 8.01. The van der Waals surface area contributed by atoms with Gasteiger partial charge in [0.2, 0.25) is 0 Å². The summed E-state index contributed by atoms with van der Waals surface area (Å²) in [6, 6.07) is 8.83. The zero-order valence-corrected chi connectivity index (χ0v) is 13.8. The Hall–Kier alpha value is -2.30. The zero-order valence-electron chi connectivity index (χ0n) is 13.8. The summed E-state index contributed by atoms with van der Waals surface area (Å²) in [6.45, 7) is 7.31. The van der Waals surface area contributed by atoms with Crippen LogP contribution in [0.15, 0.2) is 30.3 Å². The lowest BCUT2D eigenvalue weighted by molar-refractivity contribution is 0.165. The Morgan fingerprint density at radius 1 is 1.26 bits per heavy atom. The van der Waals surface area contributed by atoms with Gasteiger partial charge in [-0.25, -0.2) is 9.18 Å². The van der Waals surface area contributed by atoms with Crippen LogP contribution in [-0.4, -0.2) is 22.0 Å². The van der Waals surface area contributed by atoms with Crippen LogP contribution in [0.25, 0.3) is 0 Å². The standard InChI is InChI=1S/C18H22FN3O/c1-4-16-17-8-6-13(3)21(17)9-10-22(16)18(23)20-14-7-5-12(2)15(19)11-14/h5-8,11,16H,4,9-10H2,1-3H3,(H,20,23)/t16-/m1/s1. The van der Waals surface area contributed by atoms with Gasteiger partial charge in [-0.1, -0.05) is 13.0 Å². The van der Waals surface area contributed by atoms with Crippen LogP contribution in [0.1, 0.15) is 36.3 Å². The monoisotopic (exact) mass is 315 g/mol. The van der Waals surface area contributed by atoms with Crippen molar-refractivity contribution < 1.29 is 9.18 Å². The van der Waals surface area contributed by atoms with E-state index in [1.54, 1.807) is 19.1 Å². The van der Waals surface area contributed by atoms with Gasteiger partial charge in [0.05, 0.1) is 6.04 Å². The van der Waals surface area contributed by atoms with Crippen molar-refractivity contribution in [2.24, 2.45) is 0 Å². The molecule has 1 aliphatic rings. The maximum absolute atomic E-state index is 13.6. The molecule has 23 heavy (non-hydrogen) atoms. The molecule has 1 N–H and O–H groups in total. The van der Waals surface area contributed by atoms with Gasteiger partial charge < -0.3 is 14.8 Å². The SMILES string of the molecule is CC[C@@H]1c2ccc(C)n2CCN1C(=O)Nc1ccc(C)c(F)c1. The first-order valence-corrected chi connectivity index (χ1v) is 8.01. The van der Waals surface area contributed by atoms with E-state index >= 15 is 0 Å². The van der Waals surface area contributed by atoms with E-state index in [4.69, 9.17) is 0 Å². The molecule has 2 amide bonds. The highest BCUT2D eigenvalue weighted by molar-refractivity contribution is 5.89. The molecule has 0 fully saturated rings. The summed E-state index contributed by atoms with van der Waals surface area (Å²) < 4.78 is 15.9. The number of anilines is 1. The number of fused-ring (bicyclic) bond motifs is 1. The summed E-state index contributed by atoms with van der Waals surface area (Å²) in [5, 5.41) is 2.82. The van der Waals surface area contributed by atoms with Crippen LogP contribution in [0.3, 0.4) is 0 Å². The van der Waals surface area contributed by atoms with Crippen LogP contribution in [0, 0.1) is 19.7 Å². The number of rotatable bonds is 2. The molecule has 122 valence electrons. The summed E-state index contributed by atoms with van der Waals surface area (Å²) in [5.41, 5.74) is 3.45. The molecule has 2 aromatic rings. The number of aryl methyl sites for hydroxylation is 2. The first-order chi connectivity index (χ1) is 11.0. The highest BCUT2D eigenvalue weighted by atomic mass is 19.1. The molecular formula is C18H22FN3O. The highest BCUT2D eigenvalue weighted by Gasteiger charge is 2.30. The van der Waals surface area contributed by atoms with Gasteiger partial charge in [0.15, 0.2) is 0 Å². The summed E-state index contributed by atoms with van der Waals surface area (Å²) in [4.78, 5) is 14.5. The third-order valence-electron chi connectivity index (χ3n) is 4.59. The Balaban J connectivity index is 1.80. The van der Waals surface area contributed by atoms with Crippen molar-refractivity contribution in [1.29, 1.82) is 0 Å². The van der Waals surface area contributed by atoms with Gasteiger partial charge in [0, 0.05) is 30.2 Å². The van der Waals surface area contributed by atoms with Crippen molar-refractivity contribution in [3.8, 4) is 0 Å². The Morgan fingerprint density at radius 3 is 2.74 bits per heavy atom. The van der Waals surface area contributed by atoms with Crippen molar-refractivity contribution in [2.75, 3.05) is 11.9 Å². The summed E-state index contributed by atoms with van der Waals surface area (Å²) in [7, 11) is 0. The van der Waals surface area contributed by atoms with Crippen molar-refractivity contribution in [1.82, 2.24) is 9.47 Å². The van der Waals surface area contributed by atoms with Gasteiger partial charge in [0.25, 0.3) is 0 Å². The molecule has 0 saturated heterocycles. The highest BCUT2D eigenvalue weighted by Crippen LogP contribution is 2.30. The summed E-state index contributed by atoms with van der Waals surface area (Å²) in [6.07, 6.45) is 0.846. The van der Waals surface area contributed by atoms with E-state index in [0.717, 1.165) is 13.0 Å². The van der Waals surface area contributed by atoms with Crippen molar-refractivity contribution in [3.05, 3.63) is 53.1 Å². The second-order valence-corrected chi connectivity index (χ2v) is 6.06. The van der Waals surface area contributed by atoms with Crippen LogP contribution in [0.5, 0.6) is 0 Å². The minimum absolute atomic E-state index is 0.0488. The molecular weight excluding hydrogens is 293 g/mol. The fourth-order valence-electron chi connectivity index (χ4n) is 3.25. The van der Waals surface area contributed by atoms with E-state index in [9.17, 15) is 9.18 Å². The van der Waals surface area contributed by atoms with Gasteiger partial charge in [-0.3, -0.25) is 0 Å². The molecule has 0 spiro atoms. The molecule has 1 aliphatic heterocycles. The number of urea groups is 1. The summed E-state index contributed by atoms with van der Waals surface area (Å²) in [5.74, 6) is -0.307. The van der Waals surface area contributed by atoms with Crippen LogP contribution >= 0.6 is 0 Å². The van der Waals surface area contributed by atoms with Crippen LogP contribution in [0.2, 0.25) is 0 Å². The van der Waals surface area contributed by atoms with E-state index in [1.165, 1.54) is 17.5 Å². The number of benzene rings is 1. The average Bonchev–Trinajstić information content (AvgIpc) is 2.91. The fourth-order valence-corrected chi connectivity index (χ4v) is 3.25. The largest absolute Gasteiger partial charge is 0.345 e. The number of aromatic nitrogens is 1. The third kappa shape index (κ3) is 2.83. The average molecular weight is 315 g/mol. The van der Waals surface area contributed by atoms with E-state index in [2.05, 4.69) is 35.9 Å². The Bertz CT molecular complexity index is 738. The number of nitrogens with zero attached hydrogens (tertiary/aromatic N) is 2. The fraction of sp³-hybridized carbons (Fsp3) is 0.389. The third-order valence-corrected chi connectivity index (χ3v) is 4.59. The van der Waals surface area contributed by atoms with Crippen LogP contribution in [-0.2, 0) is 6.54 Å². The lowest BCUT2D eigenvalue weighted by atomic mass is 10.1. The number of carbonyl (C=O) groups excluding carboxylic acids is 1. The lowest BCUT2D eigenvalue weighted by Gasteiger charge is -2.37. The molecule has 3 rings (SSSR count). The van der Waals surface area contributed by atoms with Gasteiger partial charge in [-0.2, -0.15) is 0 Å². The Morgan fingerprint density at radius 2 is 2.04 bits per heavy atom. The minimum atomic E-state index is -0.307. The summed E-state index contributed by atoms with van der Waals surface area (Å²) >= 11 is 0. The number of nitrogens with one attached hydrogen (secondary N) is 1. The maximum atomic E-state index is 13.6. The number of hydrogen-bond donors (Lipinski definition) is 1. The van der Waals surface area contributed by atoms with E-state index in [-0.39, 0.29) is 17.9 Å². The molecule has 5 heteroatoms. The molecule has 0 aliphatic carbocycles. The molecule has 0 radical (unpaired) electrons. The predicted molar refractivity (Wildman–Crippen MR) is 89.1 cm³/mol. The second-order valence-electron chi connectivity index (χ2n) is 6.06. The van der Waals surface area contributed by atoms with Crippen molar-refractivity contribution in [3.63, 3.8) is 0 Å². The number of amides is 2. The molecule has 1 atom stereocenters. The number of hydrogen-bond acceptors (Lipinski definition) is 1. The predicted octanol–water partition coefficient (Wildman–Crippen LogP) is 4.24. The van der Waals surface area contributed by atoms with Gasteiger partial charge >= 0.3 is 6.03 Å². The number of carbonyl (C=O) groups is 1. The van der Waals surface area contributed by atoms with Gasteiger partial charge in [-0.05, 0) is 50.1 Å². The zero-order chi connectivity index (χ0) is 16.6. The Kier molecular flexibility index (Phi) is 4.11. The smallest absolute Gasteiger partial charge is 0.322 e. The van der Waals surface area contributed by atoms with Crippen molar-refractivity contribution >= 4 is 11.7 Å². The molecule has 0 bridgehead atoms. The topological polar surface area (TPSA) is 37.3 Å². The molecule has 0 unspecified atom stereocenters.